The highest BCUT2D eigenvalue weighted by atomic mass is 19.4. The number of alkyl halides is 3. The predicted octanol–water partition coefficient (Wildman–Crippen LogP) is 3.43. The molecule has 0 fully saturated rings. The molecule has 1 atom stereocenters. The smallest absolute Gasteiger partial charge is 0.314 e. The van der Waals surface area contributed by atoms with Crippen LogP contribution in [0.25, 0.3) is 0 Å². The number of hydrogen-bond donors (Lipinski definition) is 1. The molecule has 0 aliphatic carbocycles. The molecule has 18 heavy (non-hydrogen) atoms. The van der Waals surface area contributed by atoms with Gasteiger partial charge in [0.05, 0.1) is 0 Å². The molecule has 0 radical (unpaired) electrons. The van der Waals surface area contributed by atoms with Gasteiger partial charge in [0.15, 0.2) is 0 Å². The van der Waals surface area contributed by atoms with Gasteiger partial charge in [0.2, 0.25) is 0 Å². The summed E-state index contributed by atoms with van der Waals surface area (Å²) in [6, 6.07) is 0.206. The van der Waals surface area contributed by atoms with Crippen LogP contribution in [0.1, 0.15) is 46.5 Å². The highest BCUT2D eigenvalue weighted by Crippen LogP contribution is 2.23. The molecule has 0 saturated heterocycles. The Morgan fingerprint density at radius 1 is 1.06 bits per heavy atom. The van der Waals surface area contributed by atoms with Crippen LogP contribution in [0.3, 0.4) is 0 Å². The first-order valence-electron chi connectivity index (χ1n) is 6.95. The van der Waals surface area contributed by atoms with Crippen LogP contribution in [0.2, 0.25) is 0 Å². The summed E-state index contributed by atoms with van der Waals surface area (Å²) in [6.45, 7) is 9.97. The van der Waals surface area contributed by atoms with E-state index in [0.29, 0.717) is 6.42 Å². The minimum Gasteiger partial charge on any atom is -0.314 e. The summed E-state index contributed by atoms with van der Waals surface area (Å²) in [5.41, 5.74) is 0. The molecule has 5 heteroatoms. The van der Waals surface area contributed by atoms with Crippen LogP contribution in [0.15, 0.2) is 0 Å². The van der Waals surface area contributed by atoms with Gasteiger partial charge in [-0.2, -0.15) is 13.2 Å². The molecule has 0 aromatic rings. The second-order valence-electron chi connectivity index (χ2n) is 4.58. The van der Waals surface area contributed by atoms with Gasteiger partial charge in [-0.05, 0) is 45.4 Å². The van der Waals surface area contributed by atoms with Crippen LogP contribution in [0.4, 0.5) is 13.2 Å². The number of halogens is 3. The van der Waals surface area contributed by atoms with Crippen molar-refractivity contribution in [1.29, 1.82) is 0 Å². The van der Waals surface area contributed by atoms with E-state index in [1.807, 2.05) is 6.92 Å². The lowest BCUT2D eigenvalue weighted by atomic mass is 10.1. The fourth-order valence-electron chi connectivity index (χ4n) is 2.06. The highest BCUT2D eigenvalue weighted by molar-refractivity contribution is 4.69. The van der Waals surface area contributed by atoms with Gasteiger partial charge in [-0.25, -0.2) is 0 Å². The highest BCUT2D eigenvalue weighted by Gasteiger charge is 2.26. The first-order chi connectivity index (χ1) is 8.42. The maximum Gasteiger partial charge on any atom is 0.389 e. The lowest BCUT2D eigenvalue weighted by Crippen LogP contribution is -2.34. The van der Waals surface area contributed by atoms with Gasteiger partial charge in [0, 0.05) is 12.5 Å². The van der Waals surface area contributed by atoms with Crippen molar-refractivity contribution in [2.24, 2.45) is 0 Å². The van der Waals surface area contributed by atoms with E-state index in [4.69, 9.17) is 0 Å². The molecule has 0 amide bonds. The monoisotopic (exact) mass is 268 g/mol. The summed E-state index contributed by atoms with van der Waals surface area (Å²) in [4.78, 5) is 2.30. The number of nitrogens with one attached hydrogen (secondary N) is 1. The van der Waals surface area contributed by atoms with Crippen molar-refractivity contribution < 1.29 is 13.2 Å². The summed E-state index contributed by atoms with van der Waals surface area (Å²) in [6.07, 6.45) is -2.93. The SMILES string of the molecule is CCNC(CCCC(F)(F)F)CCN(CC)CC. The third-order valence-electron chi connectivity index (χ3n) is 3.19. The van der Waals surface area contributed by atoms with Crippen molar-refractivity contribution in [3.63, 3.8) is 0 Å². The fraction of sp³-hybridized carbons (Fsp3) is 1.00. The number of rotatable bonds is 10. The standard InChI is InChI=1S/C13H27F3N2/c1-4-17-12(8-7-10-13(14,15)16)9-11-18(5-2)6-3/h12,17H,4-11H2,1-3H3. The van der Waals surface area contributed by atoms with E-state index in [1.54, 1.807) is 0 Å². The van der Waals surface area contributed by atoms with E-state index in [2.05, 4.69) is 24.1 Å². The molecule has 0 aliphatic rings. The Balaban J connectivity index is 3.91. The maximum absolute atomic E-state index is 12.1. The summed E-state index contributed by atoms with van der Waals surface area (Å²) in [5, 5.41) is 3.28. The lowest BCUT2D eigenvalue weighted by molar-refractivity contribution is -0.135. The minimum absolute atomic E-state index is 0.206. The summed E-state index contributed by atoms with van der Waals surface area (Å²) < 4.78 is 36.3. The van der Waals surface area contributed by atoms with E-state index in [0.717, 1.165) is 32.6 Å². The molecule has 0 aromatic carbocycles. The Morgan fingerprint density at radius 3 is 2.11 bits per heavy atom. The molecule has 0 aromatic heterocycles. The molecule has 0 aliphatic heterocycles. The van der Waals surface area contributed by atoms with Gasteiger partial charge < -0.3 is 10.2 Å². The molecule has 110 valence electrons. The van der Waals surface area contributed by atoms with E-state index in [9.17, 15) is 13.2 Å². The Morgan fingerprint density at radius 2 is 1.67 bits per heavy atom. The van der Waals surface area contributed by atoms with E-state index in [1.165, 1.54) is 0 Å². The second kappa shape index (κ2) is 9.62. The van der Waals surface area contributed by atoms with Crippen LogP contribution in [-0.4, -0.2) is 43.3 Å². The lowest BCUT2D eigenvalue weighted by Gasteiger charge is -2.23. The molecule has 1 N–H and O–H groups in total. The van der Waals surface area contributed by atoms with E-state index >= 15 is 0 Å². The number of nitrogens with zero attached hydrogens (tertiary/aromatic N) is 1. The largest absolute Gasteiger partial charge is 0.389 e. The van der Waals surface area contributed by atoms with Gasteiger partial charge >= 0.3 is 6.18 Å². The average molecular weight is 268 g/mol. The van der Waals surface area contributed by atoms with E-state index in [-0.39, 0.29) is 12.5 Å². The van der Waals surface area contributed by atoms with Crippen LogP contribution in [0, 0.1) is 0 Å². The Bertz CT molecular complexity index is 191. The molecule has 0 rings (SSSR count). The van der Waals surface area contributed by atoms with Gasteiger partial charge in [0.25, 0.3) is 0 Å². The van der Waals surface area contributed by atoms with Gasteiger partial charge in [-0.3, -0.25) is 0 Å². The van der Waals surface area contributed by atoms with Crippen molar-refractivity contribution >= 4 is 0 Å². The topological polar surface area (TPSA) is 15.3 Å². The zero-order chi connectivity index (χ0) is 14.0. The summed E-state index contributed by atoms with van der Waals surface area (Å²) in [7, 11) is 0. The minimum atomic E-state index is -4.02. The van der Waals surface area contributed by atoms with Crippen LogP contribution < -0.4 is 5.32 Å². The van der Waals surface area contributed by atoms with E-state index < -0.39 is 12.6 Å². The van der Waals surface area contributed by atoms with Crippen molar-refractivity contribution in [2.45, 2.75) is 58.7 Å². The average Bonchev–Trinajstić information content (AvgIpc) is 2.28. The first kappa shape index (κ1) is 17.7. The molecular formula is C13H27F3N2. The molecule has 0 spiro atoms. The van der Waals surface area contributed by atoms with Crippen molar-refractivity contribution in [3.05, 3.63) is 0 Å². The van der Waals surface area contributed by atoms with Crippen molar-refractivity contribution in [2.75, 3.05) is 26.2 Å². The Kier molecular flexibility index (Phi) is 9.46. The van der Waals surface area contributed by atoms with Gasteiger partial charge in [-0.1, -0.05) is 20.8 Å². The maximum atomic E-state index is 12.1. The predicted molar refractivity (Wildman–Crippen MR) is 69.8 cm³/mol. The Labute approximate surface area is 109 Å². The number of hydrogen-bond acceptors (Lipinski definition) is 2. The molecule has 0 bridgehead atoms. The van der Waals surface area contributed by atoms with Crippen molar-refractivity contribution in [3.8, 4) is 0 Å². The molecule has 0 saturated carbocycles. The van der Waals surface area contributed by atoms with Crippen molar-refractivity contribution in [1.82, 2.24) is 10.2 Å². The summed E-state index contributed by atoms with van der Waals surface area (Å²) in [5.74, 6) is 0. The molecule has 2 nitrogen and oxygen atoms in total. The van der Waals surface area contributed by atoms with Crippen LogP contribution in [0.5, 0.6) is 0 Å². The normalized spacial score (nSPS) is 14.2. The second-order valence-corrected chi connectivity index (χ2v) is 4.58. The summed E-state index contributed by atoms with van der Waals surface area (Å²) >= 11 is 0. The zero-order valence-corrected chi connectivity index (χ0v) is 11.8. The molecule has 1 unspecified atom stereocenters. The van der Waals surface area contributed by atoms with Gasteiger partial charge in [-0.15, -0.1) is 0 Å². The van der Waals surface area contributed by atoms with Crippen LogP contribution in [-0.2, 0) is 0 Å². The van der Waals surface area contributed by atoms with Gasteiger partial charge in [0.1, 0.15) is 0 Å². The third-order valence-corrected chi connectivity index (χ3v) is 3.19. The van der Waals surface area contributed by atoms with Crippen LogP contribution >= 0.6 is 0 Å². The Hall–Kier alpha value is -0.290. The zero-order valence-electron chi connectivity index (χ0n) is 11.8. The molecule has 0 heterocycles. The fourth-order valence-corrected chi connectivity index (χ4v) is 2.06. The molecular weight excluding hydrogens is 241 g/mol. The quantitative estimate of drug-likeness (QED) is 0.653. The first-order valence-corrected chi connectivity index (χ1v) is 6.95. The third kappa shape index (κ3) is 9.71.